The van der Waals surface area contributed by atoms with Crippen molar-refractivity contribution >= 4 is 0 Å². The average molecular weight is 326 g/mol. The molecule has 2 aromatic heterocycles. The Morgan fingerprint density at radius 2 is 2.21 bits per heavy atom. The van der Waals surface area contributed by atoms with Gasteiger partial charge in [-0.3, -0.25) is 0 Å². The van der Waals surface area contributed by atoms with Crippen LogP contribution < -0.4 is 10.1 Å². The number of benzene rings is 1. The summed E-state index contributed by atoms with van der Waals surface area (Å²) in [5.41, 5.74) is 1.77. The van der Waals surface area contributed by atoms with E-state index in [1.807, 2.05) is 43.7 Å². The van der Waals surface area contributed by atoms with Crippen molar-refractivity contribution < 1.29 is 9.15 Å². The number of ether oxygens (including phenoxy) is 1. The predicted molar refractivity (Wildman–Crippen MR) is 91.7 cm³/mol. The molecule has 1 N–H and O–H groups in total. The van der Waals surface area contributed by atoms with E-state index >= 15 is 0 Å². The van der Waals surface area contributed by atoms with Crippen molar-refractivity contribution in [2.75, 3.05) is 13.2 Å². The number of aryl methyl sites for hydroxylation is 1. The molecule has 0 aliphatic carbocycles. The molecule has 2 heterocycles. The summed E-state index contributed by atoms with van der Waals surface area (Å²) in [5.74, 6) is 1.39. The maximum absolute atomic E-state index is 5.63. The van der Waals surface area contributed by atoms with Crippen molar-refractivity contribution in [2.24, 2.45) is 0 Å². The van der Waals surface area contributed by atoms with Crippen LogP contribution in [-0.4, -0.2) is 27.7 Å². The number of para-hydroxylation sites is 1. The molecule has 0 radical (unpaired) electrons. The van der Waals surface area contributed by atoms with Crippen LogP contribution in [0.2, 0.25) is 0 Å². The summed E-state index contributed by atoms with van der Waals surface area (Å²) >= 11 is 0. The zero-order chi connectivity index (χ0) is 16.6. The summed E-state index contributed by atoms with van der Waals surface area (Å²) in [5, 5.41) is 3.38. The number of rotatable bonds is 9. The number of nitrogens with one attached hydrogen (secondary N) is 1. The maximum Gasteiger partial charge on any atom is 0.229 e. The molecule has 0 spiro atoms. The molecule has 0 atom stereocenters. The number of imidazole rings is 1. The highest BCUT2D eigenvalue weighted by Gasteiger charge is 2.11. The largest absolute Gasteiger partial charge is 0.493 e. The second kappa shape index (κ2) is 8.31. The Hall–Kier alpha value is -2.60. The molecule has 0 unspecified atom stereocenters. The monoisotopic (exact) mass is 326 g/mol. The van der Waals surface area contributed by atoms with E-state index < -0.39 is 0 Å². The molecule has 6 heteroatoms. The summed E-state index contributed by atoms with van der Waals surface area (Å²) in [7, 11) is 0. The van der Waals surface area contributed by atoms with Crippen LogP contribution in [0.4, 0.5) is 0 Å². The molecule has 0 fully saturated rings. The first-order valence-corrected chi connectivity index (χ1v) is 8.20. The van der Waals surface area contributed by atoms with Gasteiger partial charge >= 0.3 is 0 Å². The van der Waals surface area contributed by atoms with Crippen LogP contribution >= 0.6 is 0 Å². The molecule has 0 bridgehead atoms. The van der Waals surface area contributed by atoms with E-state index in [4.69, 9.17) is 9.15 Å². The minimum atomic E-state index is 0.592. The number of hydrogen-bond donors (Lipinski definition) is 1. The van der Waals surface area contributed by atoms with E-state index in [-0.39, 0.29) is 0 Å². The van der Waals surface area contributed by atoms with E-state index in [9.17, 15) is 0 Å². The summed E-state index contributed by atoms with van der Waals surface area (Å²) < 4.78 is 13.3. The van der Waals surface area contributed by atoms with Crippen LogP contribution in [0.25, 0.3) is 11.5 Å². The van der Waals surface area contributed by atoms with Gasteiger partial charge in [0.25, 0.3) is 0 Å². The molecule has 3 aromatic rings. The minimum absolute atomic E-state index is 0.592. The lowest BCUT2D eigenvalue weighted by Gasteiger charge is -2.06. The molecule has 126 valence electrons. The summed E-state index contributed by atoms with van der Waals surface area (Å²) in [6, 6.07) is 7.78. The highest BCUT2D eigenvalue weighted by atomic mass is 16.5. The van der Waals surface area contributed by atoms with Gasteiger partial charge in [0.2, 0.25) is 5.89 Å². The van der Waals surface area contributed by atoms with Crippen molar-refractivity contribution in [1.29, 1.82) is 0 Å². The van der Waals surface area contributed by atoms with Gasteiger partial charge in [-0.05, 0) is 32.0 Å². The number of hydrogen-bond acceptors (Lipinski definition) is 5. The van der Waals surface area contributed by atoms with E-state index in [1.165, 1.54) is 0 Å². The Morgan fingerprint density at radius 3 is 3.04 bits per heavy atom. The molecule has 1 aromatic carbocycles. The number of nitrogens with zero attached hydrogens (tertiary/aromatic N) is 3. The first-order valence-electron chi connectivity index (χ1n) is 8.20. The van der Waals surface area contributed by atoms with Gasteiger partial charge in [-0.1, -0.05) is 12.1 Å². The Balaban J connectivity index is 1.50. The molecule has 24 heavy (non-hydrogen) atoms. The van der Waals surface area contributed by atoms with Gasteiger partial charge in [-0.15, -0.1) is 0 Å². The first kappa shape index (κ1) is 16.3. The normalized spacial score (nSPS) is 10.9. The predicted octanol–water partition coefficient (Wildman–Crippen LogP) is 3.12. The van der Waals surface area contributed by atoms with E-state index in [2.05, 4.69) is 19.9 Å². The van der Waals surface area contributed by atoms with Crippen LogP contribution in [0, 0.1) is 0 Å². The lowest BCUT2D eigenvalue weighted by atomic mass is 10.2. The lowest BCUT2D eigenvalue weighted by molar-refractivity contribution is 0.340. The molecule has 0 amide bonds. The first-order chi connectivity index (χ1) is 11.9. The summed E-state index contributed by atoms with van der Waals surface area (Å²) in [6.07, 6.45) is 8.33. The van der Waals surface area contributed by atoms with E-state index in [0.717, 1.165) is 36.5 Å². The van der Waals surface area contributed by atoms with Crippen LogP contribution in [0.3, 0.4) is 0 Å². The highest BCUT2D eigenvalue weighted by molar-refractivity contribution is 5.62. The fourth-order valence-electron chi connectivity index (χ4n) is 2.46. The van der Waals surface area contributed by atoms with Gasteiger partial charge in [0.15, 0.2) is 0 Å². The topological polar surface area (TPSA) is 65.1 Å². The average Bonchev–Trinajstić information content (AvgIpc) is 3.27. The minimum Gasteiger partial charge on any atom is -0.493 e. The molecule has 0 saturated heterocycles. The Bertz CT molecular complexity index is 737. The Kier molecular flexibility index (Phi) is 5.63. The third-order valence-electron chi connectivity index (χ3n) is 3.60. The van der Waals surface area contributed by atoms with Crippen molar-refractivity contribution in [3.8, 4) is 17.2 Å². The Labute approximate surface area is 141 Å². The molecular formula is C18H22N4O2. The van der Waals surface area contributed by atoms with Crippen molar-refractivity contribution in [3.63, 3.8) is 0 Å². The fourth-order valence-corrected chi connectivity index (χ4v) is 2.46. The van der Waals surface area contributed by atoms with Crippen LogP contribution in [0.1, 0.15) is 19.0 Å². The van der Waals surface area contributed by atoms with E-state index in [0.29, 0.717) is 19.0 Å². The zero-order valence-corrected chi connectivity index (χ0v) is 13.8. The number of oxazole rings is 1. The fraction of sp³-hybridized carbons (Fsp3) is 0.333. The molecular weight excluding hydrogens is 304 g/mol. The lowest BCUT2D eigenvalue weighted by Crippen LogP contribution is -2.16. The van der Waals surface area contributed by atoms with E-state index in [1.54, 1.807) is 12.5 Å². The quantitative estimate of drug-likeness (QED) is 0.612. The van der Waals surface area contributed by atoms with Crippen molar-refractivity contribution in [2.45, 2.75) is 26.4 Å². The third kappa shape index (κ3) is 4.23. The van der Waals surface area contributed by atoms with Crippen molar-refractivity contribution in [1.82, 2.24) is 19.9 Å². The number of aromatic nitrogens is 3. The second-order valence-corrected chi connectivity index (χ2v) is 5.40. The van der Waals surface area contributed by atoms with Crippen molar-refractivity contribution in [3.05, 3.63) is 54.9 Å². The highest BCUT2D eigenvalue weighted by Crippen LogP contribution is 2.29. The van der Waals surface area contributed by atoms with Crippen LogP contribution in [0.5, 0.6) is 5.75 Å². The van der Waals surface area contributed by atoms with Gasteiger partial charge < -0.3 is 19.0 Å². The summed E-state index contributed by atoms with van der Waals surface area (Å²) in [4.78, 5) is 8.58. The maximum atomic E-state index is 5.63. The molecule has 6 nitrogen and oxygen atoms in total. The summed E-state index contributed by atoms with van der Waals surface area (Å²) in [6.45, 7) is 5.13. The zero-order valence-electron chi connectivity index (χ0n) is 13.8. The smallest absolute Gasteiger partial charge is 0.229 e. The van der Waals surface area contributed by atoms with Gasteiger partial charge in [0.1, 0.15) is 12.0 Å². The van der Waals surface area contributed by atoms with Crippen LogP contribution in [-0.2, 0) is 13.1 Å². The van der Waals surface area contributed by atoms with Gasteiger partial charge in [-0.25, -0.2) is 9.97 Å². The second-order valence-electron chi connectivity index (χ2n) is 5.40. The molecule has 0 aliphatic rings. The van der Waals surface area contributed by atoms with Gasteiger partial charge in [-0.2, -0.15) is 0 Å². The van der Waals surface area contributed by atoms with Gasteiger partial charge in [0.05, 0.1) is 24.2 Å². The molecule has 0 aliphatic heterocycles. The Morgan fingerprint density at radius 1 is 1.29 bits per heavy atom. The molecule has 3 rings (SSSR count). The third-order valence-corrected chi connectivity index (χ3v) is 3.60. The molecule has 0 saturated carbocycles. The van der Waals surface area contributed by atoms with Gasteiger partial charge in [0, 0.05) is 25.5 Å². The SMILES string of the molecule is CCOc1ccccc1-c1nc(CNCCCn2ccnc2)co1. The van der Waals surface area contributed by atoms with Crippen LogP contribution in [0.15, 0.2) is 53.7 Å². The standard InChI is InChI=1S/C18H22N4O2/c1-2-23-17-7-4-3-6-16(17)18-21-15(13-24-18)12-19-8-5-10-22-11-9-20-14-22/h3-4,6-7,9,11,13-14,19H,2,5,8,10,12H2,1H3.